The molecule has 1 aromatic rings. The fourth-order valence-corrected chi connectivity index (χ4v) is 13.8. The summed E-state index contributed by atoms with van der Waals surface area (Å²) in [5, 5.41) is 11.8. The van der Waals surface area contributed by atoms with Crippen LogP contribution < -0.4 is 0 Å². The first kappa shape index (κ1) is 37.7. The number of fused-ring (bicyclic) bond motifs is 7. The van der Waals surface area contributed by atoms with Crippen LogP contribution in [0.15, 0.2) is 29.8 Å². The number of halogens is 2. The van der Waals surface area contributed by atoms with Gasteiger partial charge in [-0.3, -0.25) is 14.5 Å². The van der Waals surface area contributed by atoms with Gasteiger partial charge in [-0.15, -0.1) is 0 Å². The first-order valence-corrected chi connectivity index (χ1v) is 20.8. The zero-order valence-corrected chi connectivity index (χ0v) is 33.7. The maximum absolute atomic E-state index is 14.5. The first-order chi connectivity index (χ1) is 24.0. The van der Waals surface area contributed by atoms with Crippen molar-refractivity contribution in [3.63, 3.8) is 0 Å². The highest BCUT2D eigenvalue weighted by molar-refractivity contribution is 6.39. The quantitative estimate of drug-likeness (QED) is 0.241. The van der Waals surface area contributed by atoms with Gasteiger partial charge in [-0.25, -0.2) is 0 Å². The fraction of sp³-hybridized carbons (Fsp3) is 0.767. The van der Waals surface area contributed by atoms with Gasteiger partial charge < -0.3 is 14.7 Å². The van der Waals surface area contributed by atoms with Crippen LogP contribution in [0.4, 0.5) is 0 Å². The Morgan fingerprint density at radius 2 is 1.57 bits per heavy atom. The minimum atomic E-state index is -0.460. The SMILES string of the molecule is C[C@H]1[C@H](C)CC[C@]2(C(=O)OCCN3CCN(C(=O)c4c(Cl)cccc4Cl)CC3)CC[C@]3(C)C(=CC[C@@H]4[C@@]5(C)CC[C@H](O)C(C)(C)[C@@H]5CC[C@]43C)[C@H]12. The summed E-state index contributed by atoms with van der Waals surface area (Å²) in [6.07, 6.45) is 11.8. The molecule has 0 unspecified atom stereocenters. The minimum Gasteiger partial charge on any atom is -0.464 e. The van der Waals surface area contributed by atoms with Crippen LogP contribution in [0.3, 0.4) is 0 Å². The average molecular weight is 742 g/mol. The highest BCUT2D eigenvalue weighted by Crippen LogP contribution is 2.75. The Labute approximate surface area is 317 Å². The lowest BCUT2D eigenvalue weighted by Crippen LogP contribution is -2.65. The molecule has 51 heavy (non-hydrogen) atoms. The number of amides is 1. The lowest BCUT2D eigenvalue weighted by atomic mass is 9.33. The third-order valence-corrected chi connectivity index (χ3v) is 17.5. The molecule has 0 radical (unpaired) electrons. The second-order valence-electron chi connectivity index (χ2n) is 19.0. The predicted octanol–water partition coefficient (Wildman–Crippen LogP) is 9.31. The van der Waals surface area contributed by atoms with E-state index in [0.29, 0.717) is 78.6 Å². The number of carbonyl (C=O) groups is 2. The van der Waals surface area contributed by atoms with Crippen molar-refractivity contribution >= 4 is 35.1 Å². The Kier molecular flexibility index (Phi) is 9.84. The number of benzene rings is 1. The van der Waals surface area contributed by atoms with Crippen molar-refractivity contribution in [2.24, 2.45) is 56.7 Å². The highest BCUT2D eigenvalue weighted by atomic mass is 35.5. The Hall–Kier alpha value is -1.60. The number of ether oxygens (including phenoxy) is 1. The molecule has 1 aliphatic heterocycles. The number of esters is 1. The Morgan fingerprint density at radius 1 is 0.882 bits per heavy atom. The van der Waals surface area contributed by atoms with E-state index in [1.807, 2.05) is 4.90 Å². The van der Waals surface area contributed by atoms with Gasteiger partial charge in [0.05, 0.1) is 27.1 Å². The van der Waals surface area contributed by atoms with Crippen LogP contribution in [0.1, 0.15) is 117 Å². The lowest BCUT2D eigenvalue weighted by molar-refractivity contribution is -0.207. The van der Waals surface area contributed by atoms with Gasteiger partial charge >= 0.3 is 5.97 Å². The van der Waals surface area contributed by atoms with E-state index in [-0.39, 0.29) is 45.6 Å². The maximum atomic E-state index is 14.5. The van der Waals surface area contributed by atoms with E-state index in [0.717, 1.165) is 44.9 Å². The largest absolute Gasteiger partial charge is 0.464 e. The van der Waals surface area contributed by atoms with Crippen molar-refractivity contribution in [2.45, 2.75) is 112 Å². The molecule has 1 aromatic carbocycles. The molecular weight excluding hydrogens is 679 g/mol. The zero-order valence-electron chi connectivity index (χ0n) is 32.2. The van der Waals surface area contributed by atoms with Crippen LogP contribution in [-0.4, -0.2) is 72.2 Å². The van der Waals surface area contributed by atoms with E-state index in [9.17, 15) is 14.7 Å². The van der Waals surface area contributed by atoms with Gasteiger partial charge in [-0.05, 0) is 121 Å². The van der Waals surface area contributed by atoms with Gasteiger partial charge in [-0.2, -0.15) is 0 Å². The summed E-state index contributed by atoms with van der Waals surface area (Å²) >= 11 is 12.6. The van der Waals surface area contributed by atoms with E-state index in [1.165, 1.54) is 12.8 Å². The second kappa shape index (κ2) is 13.3. The lowest BCUT2D eigenvalue weighted by Gasteiger charge is -2.71. The minimum absolute atomic E-state index is 0.0161. The van der Waals surface area contributed by atoms with Gasteiger partial charge in [0.2, 0.25) is 0 Å². The molecule has 10 atom stereocenters. The fourth-order valence-electron chi connectivity index (χ4n) is 13.3. The normalized spacial score (nSPS) is 42.1. The molecule has 5 aliphatic carbocycles. The second-order valence-corrected chi connectivity index (χ2v) is 19.9. The van der Waals surface area contributed by atoms with Crippen molar-refractivity contribution < 1.29 is 19.4 Å². The van der Waals surface area contributed by atoms with Crippen LogP contribution in [0, 0.1) is 56.7 Å². The molecule has 5 fully saturated rings. The van der Waals surface area contributed by atoms with E-state index >= 15 is 0 Å². The van der Waals surface area contributed by atoms with E-state index in [1.54, 1.807) is 23.8 Å². The molecule has 1 amide bonds. The Balaban J connectivity index is 1.05. The molecule has 282 valence electrons. The number of aliphatic hydroxyl groups excluding tert-OH is 1. The van der Waals surface area contributed by atoms with Crippen LogP contribution in [0.5, 0.6) is 0 Å². The number of nitrogens with zero attached hydrogens (tertiary/aromatic N) is 2. The Bertz CT molecular complexity index is 1550. The first-order valence-electron chi connectivity index (χ1n) is 20.0. The van der Waals surface area contributed by atoms with Crippen LogP contribution in [0.25, 0.3) is 0 Å². The zero-order chi connectivity index (χ0) is 36.7. The molecule has 1 heterocycles. The Morgan fingerprint density at radius 3 is 2.25 bits per heavy atom. The summed E-state index contributed by atoms with van der Waals surface area (Å²) in [5.41, 5.74) is 1.84. The van der Waals surface area contributed by atoms with Crippen molar-refractivity contribution in [1.82, 2.24) is 9.80 Å². The number of carbonyl (C=O) groups excluding carboxylic acids is 2. The molecule has 8 heteroatoms. The van der Waals surface area contributed by atoms with Gasteiger partial charge in [0.1, 0.15) is 6.61 Å². The van der Waals surface area contributed by atoms with E-state index in [4.69, 9.17) is 27.9 Å². The molecule has 1 saturated heterocycles. The molecule has 0 bridgehead atoms. The number of piperazine rings is 1. The standard InChI is InChI=1S/C43H62Cl2N2O4/c1-27-13-18-43(38(50)51-26-25-46-21-23-47(24-22-46)37(49)35-30(44)9-8-10-31(35)45)20-19-41(6)29(36(43)28(27)2)11-12-33-40(5)16-15-34(48)39(3,4)32(40)14-17-42(33,41)7/h8-11,27-28,32-34,36,48H,12-26H2,1-7H3/t27-,28+,32+,33-,34+,36+,40+,41-,42-,43+/m1/s1. The van der Waals surface area contributed by atoms with Crippen LogP contribution in [-0.2, 0) is 9.53 Å². The summed E-state index contributed by atoms with van der Waals surface area (Å²) in [6, 6.07) is 5.15. The smallest absolute Gasteiger partial charge is 0.312 e. The number of rotatable bonds is 5. The monoisotopic (exact) mass is 740 g/mol. The van der Waals surface area contributed by atoms with Crippen molar-refractivity contribution in [3.05, 3.63) is 45.5 Å². The summed E-state index contributed by atoms with van der Waals surface area (Å²) in [4.78, 5) is 31.8. The highest BCUT2D eigenvalue weighted by Gasteiger charge is 2.69. The topological polar surface area (TPSA) is 70.1 Å². The van der Waals surface area contributed by atoms with Crippen LogP contribution >= 0.6 is 23.2 Å². The molecule has 6 nitrogen and oxygen atoms in total. The van der Waals surface area contributed by atoms with Crippen LogP contribution in [0.2, 0.25) is 10.0 Å². The molecule has 0 aromatic heterocycles. The molecule has 4 saturated carbocycles. The van der Waals surface area contributed by atoms with Crippen molar-refractivity contribution in [3.8, 4) is 0 Å². The molecule has 7 rings (SSSR count). The van der Waals surface area contributed by atoms with Gasteiger partial charge in [0.15, 0.2) is 0 Å². The van der Waals surface area contributed by atoms with E-state index in [2.05, 4.69) is 59.4 Å². The average Bonchev–Trinajstić information content (AvgIpc) is 3.08. The molecular formula is C43H62Cl2N2O4. The third-order valence-electron chi connectivity index (χ3n) is 16.9. The third kappa shape index (κ3) is 5.68. The van der Waals surface area contributed by atoms with Crippen molar-refractivity contribution in [1.29, 1.82) is 0 Å². The number of aliphatic hydroxyl groups is 1. The summed E-state index contributed by atoms with van der Waals surface area (Å²) < 4.78 is 6.32. The summed E-state index contributed by atoms with van der Waals surface area (Å²) in [7, 11) is 0. The van der Waals surface area contributed by atoms with E-state index < -0.39 is 5.41 Å². The van der Waals surface area contributed by atoms with Crippen molar-refractivity contribution in [2.75, 3.05) is 39.3 Å². The molecule has 6 aliphatic rings. The number of hydrogen-bond acceptors (Lipinski definition) is 5. The maximum Gasteiger partial charge on any atom is 0.312 e. The number of allylic oxidation sites excluding steroid dienone is 2. The van der Waals surface area contributed by atoms with Gasteiger partial charge in [-0.1, -0.05) is 89.4 Å². The van der Waals surface area contributed by atoms with Gasteiger partial charge in [0, 0.05) is 32.7 Å². The molecule has 0 spiro atoms. The summed E-state index contributed by atoms with van der Waals surface area (Å²) in [6.45, 7) is 20.8. The predicted molar refractivity (Wildman–Crippen MR) is 205 cm³/mol. The molecule has 1 N–H and O–H groups in total. The van der Waals surface area contributed by atoms with Gasteiger partial charge in [0.25, 0.3) is 5.91 Å². The number of hydrogen-bond donors (Lipinski definition) is 1. The summed E-state index contributed by atoms with van der Waals surface area (Å²) in [5.74, 6) is 2.20.